The summed E-state index contributed by atoms with van der Waals surface area (Å²) < 4.78 is 0. The van der Waals surface area contributed by atoms with Crippen LogP contribution in [0.5, 0.6) is 0 Å². The molecule has 1 amide bonds. The van der Waals surface area contributed by atoms with E-state index in [2.05, 4.69) is 20.5 Å². The lowest BCUT2D eigenvalue weighted by Crippen LogP contribution is -2.33. The smallest absolute Gasteiger partial charge is 0.254 e. The van der Waals surface area contributed by atoms with Gasteiger partial charge in [0, 0.05) is 38.2 Å². The molecule has 18 heavy (non-hydrogen) atoms. The number of amides is 1. The first-order valence-electron chi connectivity index (χ1n) is 6.43. The van der Waals surface area contributed by atoms with E-state index in [1.165, 1.54) is 12.8 Å². The van der Waals surface area contributed by atoms with Crippen LogP contribution in [0, 0.1) is 0 Å². The molecule has 0 spiro atoms. The maximum Gasteiger partial charge on any atom is 0.254 e. The molecule has 5 heteroatoms. The Balaban J connectivity index is 1.83. The fourth-order valence-corrected chi connectivity index (χ4v) is 2.22. The summed E-state index contributed by atoms with van der Waals surface area (Å²) in [5.41, 5.74) is 1.41. The lowest BCUT2D eigenvalue weighted by Gasteiger charge is -2.15. The van der Waals surface area contributed by atoms with Crippen LogP contribution in [-0.4, -0.2) is 49.0 Å². The van der Waals surface area contributed by atoms with Crippen molar-refractivity contribution in [2.45, 2.75) is 12.8 Å². The van der Waals surface area contributed by atoms with Crippen molar-refractivity contribution in [3.63, 3.8) is 0 Å². The summed E-state index contributed by atoms with van der Waals surface area (Å²) in [5.74, 6) is -0.0633. The average molecular weight is 248 g/mol. The van der Waals surface area contributed by atoms with Crippen molar-refractivity contribution in [1.82, 2.24) is 15.2 Å². The predicted molar refractivity (Wildman–Crippen MR) is 71.8 cm³/mol. The Hall–Kier alpha value is -1.62. The second kappa shape index (κ2) is 6.35. The summed E-state index contributed by atoms with van der Waals surface area (Å²) in [6, 6.07) is 1.80. The third-order valence-electron chi connectivity index (χ3n) is 3.25. The van der Waals surface area contributed by atoms with Gasteiger partial charge in [-0.05, 0) is 32.0 Å². The van der Waals surface area contributed by atoms with Crippen molar-refractivity contribution in [3.05, 3.63) is 24.0 Å². The van der Waals surface area contributed by atoms with Crippen LogP contribution in [0.3, 0.4) is 0 Å². The summed E-state index contributed by atoms with van der Waals surface area (Å²) in [6.07, 6.45) is 5.82. The van der Waals surface area contributed by atoms with Crippen molar-refractivity contribution in [1.29, 1.82) is 0 Å². The third kappa shape index (κ3) is 3.20. The molecule has 0 atom stereocenters. The molecule has 1 fully saturated rings. The van der Waals surface area contributed by atoms with Crippen LogP contribution >= 0.6 is 0 Å². The SMILES string of the molecule is CNc1ccncc1C(=O)NCCN1CCCC1. The van der Waals surface area contributed by atoms with E-state index < -0.39 is 0 Å². The molecule has 0 unspecified atom stereocenters. The Morgan fingerprint density at radius 2 is 2.22 bits per heavy atom. The third-order valence-corrected chi connectivity index (χ3v) is 3.25. The fraction of sp³-hybridized carbons (Fsp3) is 0.538. The van der Waals surface area contributed by atoms with Crippen LogP contribution < -0.4 is 10.6 Å². The van der Waals surface area contributed by atoms with E-state index in [1.54, 1.807) is 25.5 Å². The summed E-state index contributed by atoms with van der Waals surface area (Å²) in [4.78, 5) is 18.4. The van der Waals surface area contributed by atoms with Gasteiger partial charge in [-0.15, -0.1) is 0 Å². The number of carbonyl (C=O) groups is 1. The molecule has 5 nitrogen and oxygen atoms in total. The molecule has 1 aliphatic rings. The highest BCUT2D eigenvalue weighted by atomic mass is 16.1. The van der Waals surface area contributed by atoms with Crippen molar-refractivity contribution in [2.24, 2.45) is 0 Å². The molecule has 0 aromatic carbocycles. The van der Waals surface area contributed by atoms with E-state index in [1.807, 2.05) is 0 Å². The van der Waals surface area contributed by atoms with Crippen LogP contribution in [0.1, 0.15) is 23.2 Å². The average Bonchev–Trinajstić information content (AvgIpc) is 2.91. The zero-order chi connectivity index (χ0) is 12.8. The van der Waals surface area contributed by atoms with Crippen LogP contribution in [-0.2, 0) is 0 Å². The number of rotatable bonds is 5. The lowest BCUT2D eigenvalue weighted by molar-refractivity contribution is 0.0950. The Morgan fingerprint density at radius 1 is 1.44 bits per heavy atom. The zero-order valence-electron chi connectivity index (χ0n) is 10.8. The van der Waals surface area contributed by atoms with Gasteiger partial charge in [0.1, 0.15) is 0 Å². The van der Waals surface area contributed by atoms with Gasteiger partial charge in [0.2, 0.25) is 0 Å². The minimum absolute atomic E-state index is 0.0633. The number of likely N-dealkylation sites (tertiary alicyclic amines) is 1. The molecule has 98 valence electrons. The number of nitrogens with zero attached hydrogens (tertiary/aromatic N) is 2. The first-order chi connectivity index (χ1) is 8.81. The van der Waals surface area contributed by atoms with Crippen LogP contribution in [0.4, 0.5) is 5.69 Å². The largest absolute Gasteiger partial charge is 0.387 e. The van der Waals surface area contributed by atoms with Gasteiger partial charge in [0.05, 0.1) is 5.56 Å². The predicted octanol–water partition coefficient (Wildman–Crippen LogP) is 0.949. The molecule has 0 aliphatic carbocycles. The summed E-state index contributed by atoms with van der Waals surface area (Å²) >= 11 is 0. The van der Waals surface area contributed by atoms with Gasteiger partial charge in [0.15, 0.2) is 0 Å². The molecule has 1 aromatic heterocycles. The lowest BCUT2D eigenvalue weighted by atomic mass is 10.2. The highest BCUT2D eigenvalue weighted by Gasteiger charge is 2.13. The summed E-state index contributed by atoms with van der Waals surface area (Å²) in [5, 5.41) is 5.94. The van der Waals surface area contributed by atoms with Gasteiger partial charge < -0.3 is 15.5 Å². The topological polar surface area (TPSA) is 57.3 Å². The van der Waals surface area contributed by atoms with E-state index in [4.69, 9.17) is 0 Å². The van der Waals surface area contributed by atoms with E-state index in [-0.39, 0.29) is 5.91 Å². The first-order valence-corrected chi connectivity index (χ1v) is 6.43. The monoisotopic (exact) mass is 248 g/mol. The fourth-order valence-electron chi connectivity index (χ4n) is 2.22. The highest BCUT2D eigenvalue weighted by molar-refractivity contribution is 5.99. The number of pyridine rings is 1. The van der Waals surface area contributed by atoms with E-state index in [0.717, 1.165) is 25.3 Å². The quantitative estimate of drug-likeness (QED) is 0.814. The van der Waals surface area contributed by atoms with Gasteiger partial charge >= 0.3 is 0 Å². The Labute approximate surface area is 108 Å². The standard InChI is InChI=1S/C13H20N4O/c1-14-12-4-5-15-10-11(12)13(18)16-6-9-17-7-2-3-8-17/h4-5,10H,2-3,6-9H2,1H3,(H,14,15)(H,16,18). The number of aromatic nitrogens is 1. The van der Waals surface area contributed by atoms with Crippen molar-refractivity contribution in [2.75, 3.05) is 38.5 Å². The second-order valence-corrected chi connectivity index (χ2v) is 4.48. The molecule has 2 heterocycles. The van der Waals surface area contributed by atoms with E-state index in [0.29, 0.717) is 12.1 Å². The Kier molecular flexibility index (Phi) is 4.52. The maximum absolute atomic E-state index is 12.0. The Morgan fingerprint density at radius 3 is 2.94 bits per heavy atom. The molecular weight excluding hydrogens is 228 g/mol. The minimum atomic E-state index is -0.0633. The molecule has 2 rings (SSSR count). The van der Waals surface area contributed by atoms with Crippen LogP contribution in [0.2, 0.25) is 0 Å². The molecule has 2 N–H and O–H groups in total. The van der Waals surface area contributed by atoms with Gasteiger partial charge in [-0.25, -0.2) is 0 Å². The molecule has 1 aromatic rings. The highest BCUT2D eigenvalue weighted by Crippen LogP contribution is 2.12. The number of hydrogen-bond acceptors (Lipinski definition) is 4. The van der Waals surface area contributed by atoms with E-state index in [9.17, 15) is 4.79 Å². The van der Waals surface area contributed by atoms with Gasteiger partial charge in [0.25, 0.3) is 5.91 Å². The second-order valence-electron chi connectivity index (χ2n) is 4.48. The number of hydrogen-bond donors (Lipinski definition) is 2. The molecule has 1 saturated heterocycles. The van der Waals surface area contributed by atoms with Gasteiger partial charge in [-0.2, -0.15) is 0 Å². The maximum atomic E-state index is 12.0. The van der Waals surface area contributed by atoms with Gasteiger partial charge in [-0.3, -0.25) is 9.78 Å². The van der Waals surface area contributed by atoms with Crippen LogP contribution in [0.15, 0.2) is 18.5 Å². The van der Waals surface area contributed by atoms with Crippen molar-refractivity contribution < 1.29 is 4.79 Å². The van der Waals surface area contributed by atoms with Crippen molar-refractivity contribution >= 4 is 11.6 Å². The summed E-state index contributed by atoms with van der Waals surface area (Å²) in [6.45, 7) is 3.94. The number of anilines is 1. The number of carbonyl (C=O) groups excluding carboxylic acids is 1. The zero-order valence-corrected chi connectivity index (χ0v) is 10.8. The molecule has 0 radical (unpaired) electrons. The van der Waals surface area contributed by atoms with Gasteiger partial charge in [-0.1, -0.05) is 0 Å². The normalized spacial score (nSPS) is 15.6. The molecule has 0 saturated carbocycles. The Bertz CT molecular complexity index is 402. The summed E-state index contributed by atoms with van der Waals surface area (Å²) in [7, 11) is 1.80. The molecule has 0 bridgehead atoms. The molecule has 1 aliphatic heterocycles. The molecular formula is C13H20N4O. The number of nitrogens with one attached hydrogen (secondary N) is 2. The minimum Gasteiger partial charge on any atom is -0.387 e. The van der Waals surface area contributed by atoms with Crippen molar-refractivity contribution in [3.8, 4) is 0 Å². The first kappa shape index (κ1) is 12.8. The van der Waals surface area contributed by atoms with Crippen LogP contribution in [0.25, 0.3) is 0 Å². The van der Waals surface area contributed by atoms with E-state index >= 15 is 0 Å².